The second kappa shape index (κ2) is 6.97. The van der Waals surface area contributed by atoms with Gasteiger partial charge in [0.1, 0.15) is 0 Å². The van der Waals surface area contributed by atoms with Gasteiger partial charge in [-0.2, -0.15) is 16.9 Å². The fourth-order valence-corrected chi connectivity index (χ4v) is 2.03. The Hall–Kier alpha value is -0.480. The highest BCUT2D eigenvalue weighted by Crippen LogP contribution is 2.06. The molecule has 0 aliphatic heterocycles. The van der Waals surface area contributed by atoms with Gasteiger partial charge < -0.3 is 5.32 Å². The molecule has 1 aromatic rings. The minimum Gasteiger partial charge on any atom is -0.310 e. The molecule has 0 saturated carbocycles. The van der Waals surface area contributed by atoms with E-state index in [0.717, 1.165) is 6.54 Å². The van der Waals surface area contributed by atoms with Gasteiger partial charge >= 0.3 is 0 Å². The van der Waals surface area contributed by atoms with E-state index in [1.54, 1.807) is 0 Å². The number of thioether (sulfide) groups is 1. The summed E-state index contributed by atoms with van der Waals surface area (Å²) < 4.78 is 2.00. The third-order valence-corrected chi connectivity index (χ3v) is 3.24. The second-order valence-corrected chi connectivity index (χ2v) is 5.47. The van der Waals surface area contributed by atoms with Gasteiger partial charge in [-0.1, -0.05) is 0 Å². The maximum absolute atomic E-state index is 4.33. The van der Waals surface area contributed by atoms with Crippen LogP contribution in [0.4, 0.5) is 0 Å². The highest BCUT2D eigenvalue weighted by Gasteiger charge is 2.04. The van der Waals surface area contributed by atoms with Crippen molar-refractivity contribution in [2.45, 2.75) is 45.8 Å². The molecule has 0 spiro atoms. The zero-order valence-corrected chi connectivity index (χ0v) is 11.5. The molecule has 0 amide bonds. The quantitative estimate of drug-likeness (QED) is 0.796. The molecule has 4 heteroatoms. The number of hydrogen-bond donors (Lipinski definition) is 1. The number of hydrogen-bond acceptors (Lipinski definition) is 3. The van der Waals surface area contributed by atoms with Gasteiger partial charge in [-0.25, -0.2) is 0 Å². The third-order valence-electron chi connectivity index (χ3n) is 2.59. The first kappa shape index (κ1) is 13.6. The van der Waals surface area contributed by atoms with Crippen molar-refractivity contribution in [2.24, 2.45) is 0 Å². The van der Waals surface area contributed by atoms with Crippen LogP contribution in [0, 0.1) is 0 Å². The molecule has 0 aliphatic carbocycles. The van der Waals surface area contributed by atoms with Gasteiger partial charge in [-0.05, 0) is 39.2 Å². The summed E-state index contributed by atoms with van der Waals surface area (Å²) in [7, 11) is 0. The van der Waals surface area contributed by atoms with Crippen molar-refractivity contribution in [1.82, 2.24) is 15.1 Å². The van der Waals surface area contributed by atoms with Crippen molar-refractivity contribution < 1.29 is 0 Å². The van der Waals surface area contributed by atoms with Gasteiger partial charge in [-0.3, -0.25) is 4.68 Å². The Morgan fingerprint density at radius 1 is 1.44 bits per heavy atom. The molecule has 1 aromatic heterocycles. The summed E-state index contributed by atoms with van der Waals surface area (Å²) in [6.07, 6.45) is 7.45. The first-order valence-electron chi connectivity index (χ1n) is 5.88. The minimum absolute atomic E-state index is 0.447. The molecule has 16 heavy (non-hydrogen) atoms. The molecule has 0 fully saturated rings. The number of rotatable bonds is 7. The number of aromatic nitrogens is 2. The van der Waals surface area contributed by atoms with E-state index < -0.39 is 0 Å². The topological polar surface area (TPSA) is 29.9 Å². The smallest absolute Gasteiger partial charge is 0.0534 e. The van der Waals surface area contributed by atoms with Crippen molar-refractivity contribution in [3.63, 3.8) is 0 Å². The lowest BCUT2D eigenvalue weighted by Crippen LogP contribution is -2.25. The standard InChI is InChI=1S/C12H23N3S/c1-10(2)15-9-12(8-14-15)7-13-11(3)5-6-16-4/h8-11,13H,5-7H2,1-4H3. The molecule has 0 bridgehead atoms. The lowest BCUT2D eigenvalue weighted by atomic mass is 10.2. The van der Waals surface area contributed by atoms with E-state index in [0.29, 0.717) is 12.1 Å². The fourth-order valence-electron chi connectivity index (χ4n) is 1.44. The van der Waals surface area contributed by atoms with Crippen LogP contribution in [-0.2, 0) is 6.54 Å². The molecule has 0 saturated heterocycles. The number of nitrogens with one attached hydrogen (secondary N) is 1. The van der Waals surface area contributed by atoms with Crippen LogP contribution in [0.1, 0.15) is 38.8 Å². The van der Waals surface area contributed by atoms with Crippen LogP contribution >= 0.6 is 11.8 Å². The Morgan fingerprint density at radius 3 is 2.75 bits per heavy atom. The fraction of sp³-hybridized carbons (Fsp3) is 0.750. The van der Waals surface area contributed by atoms with Crippen LogP contribution in [0.3, 0.4) is 0 Å². The summed E-state index contributed by atoms with van der Waals surface area (Å²) >= 11 is 1.90. The van der Waals surface area contributed by atoms with E-state index in [1.807, 2.05) is 22.6 Å². The zero-order valence-electron chi connectivity index (χ0n) is 10.7. The zero-order chi connectivity index (χ0) is 12.0. The minimum atomic E-state index is 0.447. The first-order chi connectivity index (χ1) is 7.63. The van der Waals surface area contributed by atoms with Crippen molar-refractivity contribution in [1.29, 1.82) is 0 Å². The van der Waals surface area contributed by atoms with Gasteiger partial charge in [0, 0.05) is 30.4 Å². The van der Waals surface area contributed by atoms with E-state index in [1.165, 1.54) is 17.7 Å². The third kappa shape index (κ3) is 4.58. The summed E-state index contributed by atoms with van der Waals surface area (Å²) in [5.74, 6) is 1.22. The summed E-state index contributed by atoms with van der Waals surface area (Å²) in [5, 5.41) is 7.85. The van der Waals surface area contributed by atoms with Gasteiger partial charge in [0.05, 0.1) is 6.20 Å². The highest BCUT2D eigenvalue weighted by molar-refractivity contribution is 7.98. The molecule has 92 valence electrons. The molecule has 1 unspecified atom stereocenters. The lowest BCUT2D eigenvalue weighted by molar-refractivity contribution is 0.526. The Balaban J connectivity index is 2.31. The average molecular weight is 241 g/mol. The molecule has 0 radical (unpaired) electrons. The maximum atomic E-state index is 4.33. The molecule has 1 N–H and O–H groups in total. The molecule has 0 aromatic carbocycles. The predicted octanol–water partition coefficient (Wildman–Crippen LogP) is 2.70. The van der Waals surface area contributed by atoms with Gasteiger partial charge in [0.2, 0.25) is 0 Å². The average Bonchev–Trinajstić information content (AvgIpc) is 2.72. The molecule has 1 heterocycles. The number of nitrogens with zero attached hydrogens (tertiary/aromatic N) is 2. The summed E-state index contributed by atoms with van der Waals surface area (Å²) in [6.45, 7) is 7.45. The van der Waals surface area contributed by atoms with E-state index in [2.05, 4.69) is 43.6 Å². The normalized spacial score (nSPS) is 13.3. The van der Waals surface area contributed by atoms with Crippen LogP contribution in [0.25, 0.3) is 0 Å². The van der Waals surface area contributed by atoms with Crippen LogP contribution < -0.4 is 5.32 Å². The van der Waals surface area contributed by atoms with Crippen molar-refractivity contribution >= 4 is 11.8 Å². The van der Waals surface area contributed by atoms with E-state index in [-0.39, 0.29) is 0 Å². The Labute approximate surface area is 103 Å². The molecular weight excluding hydrogens is 218 g/mol. The van der Waals surface area contributed by atoms with Crippen molar-refractivity contribution in [2.75, 3.05) is 12.0 Å². The monoisotopic (exact) mass is 241 g/mol. The van der Waals surface area contributed by atoms with E-state index in [4.69, 9.17) is 0 Å². The Bertz CT molecular complexity index is 296. The molecule has 3 nitrogen and oxygen atoms in total. The molecular formula is C12H23N3S. The maximum Gasteiger partial charge on any atom is 0.0534 e. The van der Waals surface area contributed by atoms with Crippen LogP contribution in [0.2, 0.25) is 0 Å². The van der Waals surface area contributed by atoms with Crippen LogP contribution in [0.5, 0.6) is 0 Å². The molecule has 1 atom stereocenters. The van der Waals surface area contributed by atoms with Crippen molar-refractivity contribution in [3.05, 3.63) is 18.0 Å². The Morgan fingerprint density at radius 2 is 2.19 bits per heavy atom. The first-order valence-corrected chi connectivity index (χ1v) is 7.28. The van der Waals surface area contributed by atoms with Gasteiger partial charge in [0.15, 0.2) is 0 Å². The van der Waals surface area contributed by atoms with Gasteiger partial charge in [0.25, 0.3) is 0 Å². The molecule has 1 rings (SSSR count). The van der Waals surface area contributed by atoms with E-state index in [9.17, 15) is 0 Å². The van der Waals surface area contributed by atoms with Crippen LogP contribution in [-0.4, -0.2) is 27.8 Å². The predicted molar refractivity (Wildman–Crippen MR) is 71.9 cm³/mol. The second-order valence-electron chi connectivity index (χ2n) is 4.49. The van der Waals surface area contributed by atoms with Gasteiger partial charge in [-0.15, -0.1) is 0 Å². The lowest BCUT2D eigenvalue weighted by Gasteiger charge is -2.11. The molecule has 0 aliphatic rings. The summed E-state index contributed by atoms with van der Waals surface area (Å²) in [5.41, 5.74) is 1.27. The summed E-state index contributed by atoms with van der Waals surface area (Å²) in [4.78, 5) is 0. The van der Waals surface area contributed by atoms with Crippen molar-refractivity contribution in [3.8, 4) is 0 Å². The van der Waals surface area contributed by atoms with E-state index >= 15 is 0 Å². The SMILES string of the molecule is CSCCC(C)NCc1cnn(C(C)C)c1. The Kier molecular flexibility index (Phi) is 5.91. The van der Waals surface area contributed by atoms with Crippen LogP contribution in [0.15, 0.2) is 12.4 Å². The highest BCUT2D eigenvalue weighted by atomic mass is 32.2. The largest absolute Gasteiger partial charge is 0.310 e. The summed E-state index contributed by atoms with van der Waals surface area (Å²) in [6, 6.07) is 1.03.